The average Bonchev–Trinajstić information content (AvgIpc) is 3.03. The van der Waals surface area contributed by atoms with Gasteiger partial charge in [0.15, 0.2) is 9.84 Å². The van der Waals surface area contributed by atoms with Crippen LogP contribution in [-0.2, 0) is 28.4 Å². The van der Waals surface area contributed by atoms with Gasteiger partial charge in [0, 0.05) is 11.4 Å². The summed E-state index contributed by atoms with van der Waals surface area (Å²) in [7, 11) is -3.04. The third kappa shape index (κ3) is 2.38. The Labute approximate surface area is 119 Å². The summed E-state index contributed by atoms with van der Waals surface area (Å²) in [5.74, 6) is 0.228. The molecule has 1 aliphatic carbocycles. The summed E-state index contributed by atoms with van der Waals surface area (Å²) < 4.78 is 25.6. The van der Waals surface area contributed by atoms with Crippen LogP contribution < -0.4 is 0 Å². The lowest BCUT2D eigenvalue weighted by Gasteiger charge is -2.04. The fourth-order valence-corrected chi connectivity index (χ4v) is 3.58. The van der Waals surface area contributed by atoms with E-state index in [1.54, 1.807) is 6.92 Å². The van der Waals surface area contributed by atoms with E-state index in [9.17, 15) is 8.42 Å². The van der Waals surface area contributed by atoms with Crippen molar-refractivity contribution in [2.75, 3.05) is 5.75 Å². The number of para-hydroxylation sites is 1. The summed E-state index contributed by atoms with van der Waals surface area (Å²) >= 11 is 0. The van der Waals surface area contributed by atoms with Gasteiger partial charge in [0.2, 0.25) is 0 Å². The van der Waals surface area contributed by atoms with Crippen molar-refractivity contribution in [2.24, 2.45) is 0 Å². The molecule has 0 bridgehead atoms. The van der Waals surface area contributed by atoms with Gasteiger partial charge in [-0.1, -0.05) is 25.1 Å². The number of nitrogens with zero attached hydrogens (tertiary/aromatic N) is 2. The molecule has 4 nitrogen and oxygen atoms in total. The summed E-state index contributed by atoms with van der Waals surface area (Å²) in [6.45, 7) is 1.68. The van der Waals surface area contributed by atoms with Crippen LogP contribution in [0, 0.1) is 0 Å². The quantitative estimate of drug-likeness (QED) is 0.868. The average molecular weight is 290 g/mol. The monoisotopic (exact) mass is 290 g/mol. The number of rotatable bonds is 4. The first-order valence-corrected chi connectivity index (χ1v) is 8.78. The summed E-state index contributed by atoms with van der Waals surface area (Å²) in [5.41, 5.74) is 4.07. The molecule has 0 saturated carbocycles. The maximum Gasteiger partial charge on any atom is 0.155 e. The van der Waals surface area contributed by atoms with E-state index in [1.807, 2.05) is 35.0 Å². The Bertz CT molecular complexity index is 718. The molecule has 0 radical (unpaired) electrons. The van der Waals surface area contributed by atoms with Gasteiger partial charge in [0.05, 0.1) is 17.1 Å². The van der Waals surface area contributed by atoms with Gasteiger partial charge in [-0.05, 0) is 37.0 Å². The lowest BCUT2D eigenvalue weighted by atomic mass is 10.2. The summed E-state index contributed by atoms with van der Waals surface area (Å²) in [6, 6.07) is 9.92. The van der Waals surface area contributed by atoms with Crippen molar-refractivity contribution in [1.82, 2.24) is 9.78 Å². The van der Waals surface area contributed by atoms with Crippen molar-refractivity contribution >= 4 is 9.84 Å². The number of benzene rings is 1. The minimum absolute atomic E-state index is 0.0612. The van der Waals surface area contributed by atoms with Crippen molar-refractivity contribution in [3.05, 3.63) is 47.3 Å². The highest BCUT2D eigenvalue weighted by molar-refractivity contribution is 7.90. The number of hydrogen-bond donors (Lipinski definition) is 0. The first kappa shape index (κ1) is 13.4. The molecule has 0 saturated heterocycles. The Balaban J connectivity index is 2.06. The molecule has 1 aliphatic rings. The number of sulfone groups is 1. The Hall–Kier alpha value is -1.62. The lowest BCUT2D eigenvalue weighted by molar-refractivity contribution is 0.595. The molecule has 0 N–H and O–H groups in total. The zero-order valence-corrected chi connectivity index (χ0v) is 12.4. The van der Waals surface area contributed by atoms with E-state index in [2.05, 4.69) is 5.10 Å². The molecular formula is C15H18N2O2S. The normalized spacial score (nSPS) is 14.4. The smallest absolute Gasteiger partial charge is 0.155 e. The van der Waals surface area contributed by atoms with Gasteiger partial charge in [-0.25, -0.2) is 13.1 Å². The van der Waals surface area contributed by atoms with Gasteiger partial charge >= 0.3 is 0 Å². The first-order valence-electron chi connectivity index (χ1n) is 6.96. The van der Waals surface area contributed by atoms with Gasteiger partial charge in [-0.2, -0.15) is 5.10 Å². The van der Waals surface area contributed by atoms with Crippen LogP contribution in [0.15, 0.2) is 30.3 Å². The van der Waals surface area contributed by atoms with Crippen molar-refractivity contribution in [3.8, 4) is 5.69 Å². The highest BCUT2D eigenvalue weighted by Gasteiger charge is 2.25. The van der Waals surface area contributed by atoms with Gasteiger partial charge in [-0.3, -0.25) is 0 Å². The zero-order valence-electron chi connectivity index (χ0n) is 11.5. The molecule has 1 aromatic carbocycles. The van der Waals surface area contributed by atoms with Crippen molar-refractivity contribution in [1.29, 1.82) is 0 Å². The fraction of sp³-hybridized carbons (Fsp3) is 0.400. The van der Waals surface area contributed by atoms with E-state index in [4.69, 9.17) is 0 Å². The van der Waals surface area contributed by atoms with Gasteiger partial charge in [0.25, 0.3) is 0 Å². The molecule has 0 fully saturated rings. The van der Waals surface area contributed by atoms with E-state index in [0.29, 0.717) is 0 Å². The van der Waals surface area contributed by atoms with Gasteiger partial charge in [0.1, 0.15) is 0 Å². The van der Waals surface area contributed by atoms with Crippen molar-refractivity contribution < 1.29 is 8.42 Å². The first-order chi connectivity index (χ1) is 9.61. The second kappa shape index (κ2) is 5.05. The molecule has 20 heavy (non-hydrogen) atoms. The predicted molar refractivity (Wildman–Crippen MR) is 78.8 cm³/mol. The van der Waals surface area contributed by atoms with Crippen LogP contribution in [0.25, 0.3) is 5.69 Å². The van der Waals surface area contributed by atoms with Crippen LogP contribution >= 0.6 is 0 Å². The molecule has 0 unspecified atom stereocenters. The predicted octanol–water partition coefficient (Wildman–Crippen LogP) is 2.30. The van der Waals surface area contributed by atoms with Crippen LogP contribution in [0.4, 0.5) is 0 Å². The fourth-order valence-electron chi connectivity index (χ4n) is 2.72. The molecule has 0 atom stereocenters. The van der Waals surface area contributed by atoms with E-state index < -0.39 is 9.84 Å². The number of fused-ring (bicyclic) bond motifs is 1. The SMILES string of the molecule is CCS(=O)(=O)Cc1nn(-c2ccccc2)c2c1CCC2. The minimum Gasteiger partial charge on any atom is -0.237 e. The number of aromatic nitrogens is 2. The van der Waals surface area contributed by atoms with Crippen LogP contribution in [0.1, 0.15) is 30.3 Å². The molecule has 5 heteroatoms. The van der Waals surface area contributed by atoms with Crippen LogP contribution in [-0.4, -0.2) is 24.0 Å². The molecule has 3 rings (SSSR count). The third-order valence-corrected chi connectivity index (χ3v) is 5.40. The van der Waals surface area contributed by atoms with Crippen LogP contribution in [0.2, 0.25) is 0 Å². The second-order valence-electron chi connectivity index (χ2n) is 5.15. The van der Waals surface area contributed by atoms with Crippen molar-refractivity contribution in [3.63, 3.8) is 0 Å². The third-order valence-electron chi connectivity index (χ3n) is 3.81. The molecule has 0 spiro atoms. The Kier molecular flexibility index (Phi) is 3.38. The van der Waals surface area contributed by atoms with Crippen LogP contribution in [0.5, 0.6) is 0 Å². The van der Waals surface area contributed by atoms with E-state index in [-0.39, 0.29) is 11.5 Å². The topological polar surface area (TPSA) is 52.0 Å². The van der Waals surface area contributed by atoms with E-state index >= 15 is 0 Å². The highest BCUT2D eigenvalue weighted by atomic mass is 32.2. The van der Waals surface area contributed by atoms with Crippen molar-refractivity contribution in [2.45, 2.75) is 31.9 Å². The van der Waals surface area contributed by atoms with E-state index in [1.165, 1.54) is 5.69 Å². The summed E-state index contributed by atoms with van der Waals surface area (Å²) in [5, 5.41) is 4.57. The molecule has 106 valence electrons. The van der Waals surface area contributed by atoms with Crippen LogP contribution in [0.3, 0.4) is 0 Å². The lowest BCUT2D eigenvalue weighted by Crippen LogP contribution is -2.09. The molecule has 1 heterocycles. The largest absolute Gasteiger partial charge is 0.237 e. The minimum atomic E-state index is -3.04. The standard InChI is InChI=1S/C15H18N2O2S/c1-2-20(18,19)11-14-13-9-6-10-15(13)17(16-14)12-7-4-3-5-8-12/h3-5,7-8H,2,6,9-11H2,1H3. The second-order valence-corrected chi connectivity index (χ2v) is 7.50. The molecule has 2 aromatic rings. The molecule has 1 aromatic heterocycles. The Morgan fingerprint density at radius 2 is 1.95 bits per heavy atom. The maximum absolute atomic E-state index is 11.9. The van der Waals surface area contributed by atoms with Gasteiger partial charge < -0.3 is 0 Å². The zero-order chi connectivity index (χ0) is 14.2. The molecular weight excluding hydrogens is 272 g/mol. The molecule has 0 aliphatic heterocycles. The number of hydrogen-bond acceptors (Lipinski definition) is 3. The van der Waals surface area contributed by atoms with E-state index in [0.717, 1.165) is 36.2 Å². The maximum atomic E-state index is 11.9. The van der Waals surface area contributed by atoms with Gasteiger partial charge in [-0.15, -0.1) is 0 Å². The Morgan fingerprint density at radius 1 is 1.20 bits per heavy atom. The highest BCUT2D eigenvalue weighted by Crippen LogP contribution is 2.28. The summed E-state index contributed by atoms with van der Waals surface area (Å²) in [6.07, 6.45) is 3.00. The molecule has 0 amide bonds. The Morgan fingerprint density at radius 3 is 2.65 bits per heavy atom. The summed E-state index contributed by atoms with van der Waals surface area (Å²) in [4.78, 5) is 0.